The molecule has 0 spiro atoms. The fraction of sp³-hybridized carbons (Fsp3) is 0.364. The molecule has 0 saturated carbocycles. The summed E-state index contributed by atoms with van der Waals surface area (Å²) in [4.78, 5) is 31.2. The minimum Gasteiger partial charge on any atom is -0.340 e. The first-order valence-corrected chi connectivity index (χ1v) is 4.83. The van der Waals surface area contributed by atoms with Crippen LogP contribution in [0.25, 0.3) is 0 Å². The Labute approximate surface area is 93.8 Å². The Morgan fingerprint density at radius 1 is 1.25 bits per heavy atom. The maximum atomic E-state index is 11.5. The molecule has 0 unspecified atom stereocenters. The Balaban J connectivity index is 2.52. The van der Waals surface area contributed by atoms with Crippen LogP contribution < -0.4 is 5.48 Å². The lowest BCUT2D eigenvalue weighted by molar-refractivity contribution is -0.158. The Kier molecular flexibility index (Phi) is 3.60. The molecule has 5 nitrogen and oxygen atoms in total. The number of rotatable bonds is 1. The molecule has 0 atom stereocenters. The molecule has 0 bridgehead atoms. The van der Waals surface area contributed by atoms with Crippen molar-refractivity contribution in [3.63, 3.8) is 0 Å². The summed E-state index contributed by atoms with van der Waals surface area (Å²) in [6.07, 6.45) is 2.97. The van der Waals surface area contributed by atoms with Crippen LogP contribution in [0.15, 0.2) is 24.5 Å². The summed E-state index contributed by atoms with van der Waals surface area (Å²) in [7, 11) is 0. The molecular weight excluding hydrogens is 208 g/mol. The molecule has 0 saturated heterocycles. The molecule has 0 radical (unpaired) electrons. The summed E-state index contributed by atoms with van der Waals surface area (Å²) in [6, 6.07) is 3.06. The molecule has 1 amide bonds. The van der Waals surface area contributed by atoms with E-state index in [0.29, 0.717) is 5.56 Å². The van der Waals surface area contributed by atoms with Gasteiger partial charge in [0, 0.05) is 18.0 Å². The third-order valence-electron chi connectivity index (χ3n) is 1.79. The minimum atomic E-state index is -0.647. The van der Waals surface area contributed by atoms with Crippen molar-refractivity contribution in [2.45, 2.75) is 20.8 Å². The highest BCUT2D eigenvalue weighted by Gasteiger charge is 2.24. The molecule has 5 heteroatoms. The highest BCUT2D eigenvalue weighted by Crippen LogP contribution is 2.14. The largest absolute Gasteiger partial charge is 0.340 e. The average molecular weight is 222 g/mol. The molecule has 1 N–H and O–H groups in total. The molecule has 0 fully saturated rings. The van der Waals surface area contributed by atoms with E-state index in [1.54, 1.807) is 20.8 Å². The second-order valence-electron chi connectivity index (χ2n) is 4.31. The molecule has 0 aliphatic heterocycles. The number of nitrogens with zero attached hydrogens (tertiary/aromatic N) is 1. The highest BCUT2D eigenvalue weighted by molar-refractivity contribution is 5.94. The molecule has 1 heterocycles. The summed E-state index contributed by atoms with van der Waals surface area (Å²) < 4.78 is 0. The molecule has 1 rings (SSSR count). The van der Waals surface area contributed by atoms with Crippen molar-refractivity contribution in [1.82, 2.24) is 10.5 Å². The zero-order valence-corrected chi connectivity index (χ0v) is 9.48. The summed E-state index contributed by atoms with van der Waals surface area (Å²) in [5, 5.41) is 0. The molecule has 16 heavy (non-hydrogen) atoms. The fourth-order valence-corrected chi connectivity index (χ4v) is 0.808. The number of hydrogen-bond donors (Lipinski definition) is 1. The monoisotopic (exact) mass is 222 g/mol. The van der Waals surface area contributed by atoms with Crippen molar-refractivity contribution >= 4 is 11.9 Å². The first kappa shape index (κ1) is 12.2. The Hall–Kier alpha value is -1.91. The van der Waals surface area contributed by atoms with Gasteiger partial charge in [-0.05, 0) is 32.9 Å². The van der Waals surface area contributed by atoms with Crippen LogP contribution in [-0.4, -0.2) is 16.9 Å². The summed E-state index contributed by atoms with van der Waals surface area (Å²) >= 11 is 0. The van der Waals surface area contributed by atoms with Crippen molar-refractivity contribution in [3.8, 4) is 0 Å². The first-order valence-electron chi connectivity index (χ1n) is 4.83. The summed E-state index contributed by atoms with van der Waals surface area (Å²) in [5.41, 5.74) is 1.83. The number of carbonyl (C=O) groups excluding carboxylic acids is 2. The van der Waals surface area contributed by atoms with Crippen LogP contribution >= 0.6 is 0 Å². The van der Waals surface area contributed by atoms with Crippen molar-refractivity contribution in [2.75, 3.05) is 0 Å². The van der Waals surface area contributed by atoms with E-state index in [9.17, 15) is 9.59 Å². The van der Waals surface area contributed by atoms with Gasteiger partial charge in [-0.15, -0.1) is 0 Å². The van der Waals surface area contributed by atoms with Crippen LogP contribution in [0.4, 0.5) is 0 Å². The fourth-order valence-electron chi connectivity index (χ4n) is 0.808. The average Bonchev–Trinajstić information content (AvgIpc) is 2.25. The maximum absolute atomic E-state index is 11.5. The van der Waals surface area contributed by atoms with E-state index in [1.165, 1.54) is 24.5 Å². The maximum Gasteiger partial charge on any atom is 0.337 e. The molecule has 86 valence electrons. The van der Waals surface area contributed by atoms with Gasteiger partial charge in [0.2, 0.25) is 0 Å². The Bertz CT molecular complexity index is 382. The van der Waals surface area contributed by atoms with Gasteiger partial charge in [0.05, 0.1) is 5.41 Å². The zero-order valence-electron chi connectivity index (χ0n) is 9.48. The predicted molar refractivity (Wildman–Crippen MR) is 57.3 cm³/mol. The highest BCUT2D eigenvalue weighted by atomic mass is 16.7. The number of hydrogen-bond acceptors (Lipinski definition) is 4. The number of carbonyl (C=O) groups is 2. The summed E-state index contributed by atoms with van der Waals surface area (Å²) in [5.74, 6) is -0.963. The van der Waals surface area contributed by atoms with E-state index in [4.69, 9.17) is 0 Å². The van der Waals surface area contributed by atoms with Gasteiger partial charge in [-0.3, -0.25) is 9.78 Å². The van der Waals surface area contributed by atoms with E-state index in [1.807, 2.05) is 0 Å². The normalized spacial score (nSPS) is 10.7. The lowest BCUT2D eigenvalue weighted by atomic mass is 9.98. The topological polar surface area (TPSA) is 68.3 Å². The van der Waals surface area contributed by atoms with Crippen LogP contribution in [0.2, 0.25) is 0 Å². The number of pyridine rings is 1. The van der Waals surface area contributed by atoms with Crippen LogP contribution in [0.3, 0.4) is 0 Å². The van der Waals surface area contributed by atoms with Crippen molar-refractivity contribution in [3.05, 3.63) is 30.1 Å². The van der Waals surface area contributed by atoms with Crippen LogP contribution in [0, 0.1) is 5.41 Å². The van der Waals surface area contributed by atoms with Crippen LogP contribution in [-0.2, 0) is 9.63 Å². The van der Waals surface area contributed by atoms with Crippen molar-refractivity contribution < 1.29 is 14.4 Å². The van der Waals surface area contributed by atoms with Gasteiger partial charge in [0.15, 0.2) is 0 Å². The second kappa shape index (κ2) is 4.74. The minimum absolute atomic E-state index is 0.386. The van der Waals surface area contributed by atoms with Gasteiger partial charge in [-0.2, -0.15) is 5.48 Å². The van der Waals surface area contributed by atoms with E-state index < -0.39 is 17.3 Å². The van der Waals surface area contributed by atoms with E-state index >= 15 is 0 Å². The Morgan fingerprint density at radius 2 is 1.81 bits per heavy atom. The molecule has 1 aromatic heterocycles. The smallest absolute Gasteiger partial charge is 0.337 e. The number of nitrogens with one attached hydrogen (secondary N) is 1. The third-order valence-corrected chi connectivity index (χ3v) is 1.79. The standard InChI is InChI=1S/C11H14N2O3/c1-11(2,3)10(15)16-13-9(14)8-4-6-12-7-5-8/h4-7H,1-3H3,(H,13,14). The van der Waals surface area contributed by atoms with Gasteiger partial charge in [0.1, 0.15) is 0 Å². The number of hydroxylamine groups is 1. The van der Waals surface area contributed by atoms with Gasteiger partial charge in [-0.25, -0.2) is 4.79 Å². The van der Waals surface area contributed by atoms with Gasteiger partial charge in [-0.1, -0.05) is 0 Å². The molecule has 0 aliphatic rings. The predicted octanol–water partition coefficient (Wildman–Crippen LogP) is 1.32. The zero-order chi connectivity index (χ0) is 12.2. The van der Waals surface area contributed by atoms with Gasteiger partial charge < -0.3 is 4.84 Å². The number of aromatic nitrogens is 1. The van der Waals surface area contributed by atoms with Crippen LogP contribution in [0.5, 0.6) is 0 Å². The third kappa shape index (κ3) is 3.34. The quantitative estimate of drug-likeness (QED) is 0.727. The molecule has 0 aromatic carbocycles. The molecular formula is C11H14N2O3. The summed E-state index contributed by atoms with van der Waals surface area (Å²) in [6.45, 7) is 5.11. The van der Waals surface area contributed by atoms with Gasteiger partial charge in [0.25, 0.3) is 5.91 Å². The van der Waals surface area contributed by atoms with E-state index in [2.05, 4.69) is 15.3 Å². The lowest BCUT2D eigenvalue weighted by Crippen LogP contribution is -2.33. The first-order chi connectivity index (χ1) is 7.41. The molecule has 1 aromatic rings. The van der Waals surface area contributed by atoms with E-state index in [-0.39, 0.29) is 0 Å². The molecule has 0 aliphatic carbocycles. The Morgan fingerprint density at radius 3 is 2.31 bits per heavy atom. The van der Waals surface area contributed by atoms with Crippen LogP contribution in [0.1, 0.15) is 31.1 Å². The number of amides is 1. The second-order valence-corrected chi connectivity index (χ2v) is 4.31. The van der Waals surface area contributed by atoms with E-state index in [0.717, 1.165) is 0 Å². The van der Waals surface area contributed by atoms with Crippen molar-refractivity contribution in [2.24, 2.45) is 5.41 Å². The van der Waals surface area contributed by atoms with Gasteiger partial charge >= 0.3 is 5.97 Å². The van der Waals surface area contributed by atoms with Crippen molar-refractivity contribution in [1.29, 1.82) is 0 Å². The SMILES string of the molecule is CC(C)(C)C(=O)ONC(=O)c1ccncc1. The lowest BCUT2D eigenvalue weighted by Gasteiger charge is -2.15.